The van der Waals surface area contributed by atoms with E-state index in [1.54, 1.807) is 17.5 Å². The first-order valence-electron chi connectivity index (χ1n) is 4.76. The van der Waals surface area contributed by atoms with Crippen molar-refractivity contribution in [3.05, 3.63) is 43.2 Å². The van der Waals surface area contributed by atoms with Gasteiger partial charge in [0.2, 0.25) is 0 Å². The molecule has 0 bridgehead atoms. The molecular weight excluding hydrogens is 352 g/mol. The maximum atomic E-state index is 4.16. The molecule has 0 aromatic carbocycles. The zero-order valence-electron chi connectivity index (χ0n) is 8.63. The Balaban J connectivity index is 2.05. The Morgan fingerprint density at radius 1 is 1.44 bits per heavy atom. The molecule has 2 aromatic heterocycles. The average molecular weight is 362 g/mol. The molecule has 0 saturated carbocycles. The Kier molecular flexibility index (Phi) is 4.00. The Hall–Kier alpha value is -0.390. The zero-order valence-corrected chi connectivity index (χ0v) is 12.6. The summed E-state index contributed by atoms with van der Waals surface area (Å²) in [6.45, 7) is 2.93. The highest BCUT2D eigenvalue weighted by atomic mass is 79.9. The predicted octanol–water partition coefficient (Wildman–Crippen LogP) is 4.59. The molecule has 16 heavy (non-hydrogen) atoms. The fourth-order valence-corrected chi connectivity index (χ4v) is 3.24. The van der Waals surface area contributed by atoms with Gasteiger partial charge < -0.3 is 5.32 Å². The lowest BCUT2D eigenvalue weighted by molar-refractivity contribution is 1.16. The largest absolute Gasteiger partial charge is 0.378 e. The molecule has 2 heterocycles. The molecule has 2 rings (SSSR count). The highest BCUT2D eigenvalue weighted by molar-refractivity contribution is 9.10. The number of halogens is 2. The number of hydrogen-bond donors (Lipinski definition) is 1. The van der Waals surface area contributed by atoms with Gasteiger partial charge >= 0.3 is 0 Å². The van der Waals surface area contributed by atoms with E-state index in [0.717, 1.165) is 16.8 Å². The van der Waals surface area contributed by atoms with E-state index in [0.29, 0.717) is 0 Å². The molecule has 1 N–H and O–H groups in total. The molecule has 0 atom stereocenters. The van der Waals surface area contributed by atoms with Crippen LogP contribution in [0.1, 0.15) is 9.75 Å². The van der Waals surface area contributed by atoms with Gasteiger partial charge in [-0.15, -0.1) is 11.3 Å². The van der Waals surface area contributed by atoms with Crippen molar-refractivity contribution in [2.75, 3.05) is 5.32 Å². The lowest BCUT2D eigenvalue weighted by Crippen LogP contribution is -1.98. The maximum absolute atomic E-state index is 4.16. The molecule has 2 nitrogen and oxygen atoms in total. The van der Waals surface area contributed by atoms with E-state index in [-0.39, 0.29) is 0 Å². The van der Waals surface area contributed by atoms with Crippen LogP contribution >= 0.6 is 43.2 Å². The number of anilines is 1. The average Bonchev–Trinajstić information content (AvgIpc) is 2.57. The molecule has 0 spiro atoms. The smallest absolute Gasteiger partial charge is 0.129 e. The third-order valence-electron chi connectivity index (χ3n) is 2.12. The summed E-state index contributed by atoms with van der Waals surface area (Å²) in [7, 11) is 0. The number of aryl methyl sites for hydroxylation is 1. The van der Waals surface area contributed by atoms with Gasteiger partial charge in [0.25, 0.3) is 0 Å². The Labute approximate surface area is 115 Å². The van der Waals surface area contributed by atoms with Crippen LogP contribution in [0.2, 0.25) is 0 Å². The van der Waals surface area contributed by atoms with Gasteiger partial charge in [-0.1, -0.05) is 0 Å². The van der Waals surface area contributed by atoms with Gasteiger partial charge in [-0.2, -0.15) is 0 Å². The molecule has 2 aromatic rings. The summed E-state index contributed by atoms with van der Waals surface area (Å²) in [4.78, 5) is 6.78. The van der Waals surface area contributed by atoms with Gasteiger partial charge in [0, 0.05) is 27.0 Å². The van der Waals surface area contributed by atoms with Crippen LogP contribution in [0.3, 0.4) is 0 Å². The first-order valence-corrected chi connectivity index (χ1v) is 7.16. The van der Waals surface area contributed by atoms with Gasteiger partial charge in [0.1, 0.15) is 4.60 Å². The molecule has 0 fully saturated rings. The molecule has 0 unspecified atom stereocenters. The molecule has 84 valence electrons. The van der Waals surface area contributed by atoms with Crippen molar-refractivity contribution in [2.24, 2.45) is 0 Å². The van der Waals surface area contributed by atoms with Crippen molar-refractivity contribution in [3.63, 3.8) is 0 Å². The number of hydrogen-bond acceptors (Lipinski definition) is 3. The molecule has 0 saturated heterocycles. The fraction of sp³-hybridized carbons (Fsp3) is 0.182. The minimum atomic E-state index is 0.821. The van der Waals surface area contributed by atoms with Gasteiger partial charge in [-0.25, -0.2) is 4.98 Å². The number of aromatic nitrogens is 1. The number of rotatable bonds is 3. The Bertz CT molecular complexity index is 477. The Morgan fingerprint density at radius 2 is 2.25 bits per heavy atom. The van der Waals surface area contributed by atoms with Gasteiger partial charge in [0.05, 0.1) is 5.69 Å². The zero-order chi connectivity index (χ0) is 11.5. The quantitative estimate of drug-likeness (QED) is 0.809. The minimum absolute atomic E-state index is 0.821. The van der Waals surface area contributed by atoms with Crippen LogP contribution in [0.25, 0.3) is 0 Å². The van der Waals surface area contributed by atoms with Gasteiger partial charge in [-0.05, 0) is 57.0 Å². The van der Waals surface area contributed by atoms with Crippen LogP contribution in [0.4, 0.5) is 5.69 Å². The van der Waals surface area contributed by atoms with Gasteiger partial charge in [0.15, 0.2) is 0 Å². The highest BCUT2D eigenvalue weighted by Gasteiger charge is 2.04. The van der Waals surface area contributed by atoms with Crippen molar-refractivity contribution in [3.8, 4) is 0 Å². The molecule has 0 aliphatic heterocycles. The van der Waals surface area contributed by atoms with E-state index in [1.807, 2.05) is 12.1 Å². The molecule has 5 heteroatoms. The number of nitrogens with one attached hydrogen (secondary N) is 1. The molecule has 0 aliphatic rings. The van der Waals surface area contributed by atoms with E-state index < -0.39 is 0 Å². The lowest BCUT2D eigenvalue weighted by atomic mass is 10.4. The first kappa shape index (κ1) is 12.1. The monoisotopic (exact) mass is 360 g/mol. The molecule has 0 radical (unpaired) electrons. The van der Waals surface area contributed by atoms with Crippen LogP contribution in [0, 0.1) is 6.92 Å². The summed E-state index contributed by atoms with van der Waals surface area (Å²) < 4.78 is 2.03. The summed E-state index contributed by atoms with van der Waals surface area (Å²) in [5.74, 6) is 0. The number of nitrogens with zero attached hydrogens (tertiary/aromatic N) is 1. The van der Waals surface area contributed by atoms with E-state index >= 15 is 0 Å². The van der Waals surface area contributed by atoms with Crippen molar-refractivity contribution >= 4 is 48.9 Å². The topological polar surface area (TPSA) is 24.9 Å². The van der Waals surface area contributed by atoms with Crippen molar-refractivity contribution in [2.45, 2.75) is 13.5 Å². The molecular formula is C11H10Br2N2S. The molecule has 0 aliphatic carbocycles. The summed E-state index contributed by atoms with van der Waals surface area (Å²) in [6.07, 6.45) is 1.77. The van der Waals surface area contributed by atoms with E-state index in [2.05, 4.69) is 55.2 Å². The SMILES string of the molecule is Cc1sc(CNc2cccnc2Br)cc1Br. The van der Waals surface area contributed by atoms with Crippen LogP contribution in [0.15, 0.2) is 33.5 Å². The molecule has 0 amide bonds. The normalized spacial score (nSPS) is 10.4. The summed E-state index contributed by atoms with van der Waals surface area (Å²) in [5.41, 5.74) is 1.02. The second kappa shape index (κ2) is 5.29. The lowest BCUT2D eigenvalue weighted by Gasteiger charge is -2.05. The third-order valence-corrected chi connectivity index (χ3v) is 4.89. The van der Waals surface area contributed by atoms with Crippen molar-refractivity contribution < 1.29 is 0 Å². The summed E-state index contributed by atoms with van der Waals surface area (Å²) >= 11 is 8.72. The third kappa shape index (κ3) is 2.84. The Morgan fingerprint density at radius 3 is 2.88 bits per heavy atom. The van der Waals surface area contributed by atoms with E-state index in [1.165, 1.54) is 14.2 Å². The summed E-state index contributed by atoms with van der Waals surface area (Å²) in [5, 5.41) is 3.35. The van der Waals surface area contributed by atoms with Crippen molar-refractivity contribution in [1.82, 2.24) is 4.98 Å². The van der Waals surface area contributed by atoms with Crippen LogP contribution < -0.4 is 5.32 Å². The minimum Gasteiger partial charge on any atom is -0.378 e. The second-order valence-corrected chi connectivity index (χ2v) is 6.26. The van der Waals surface area contributed by atoms with E-state index in [9.17, 15) is 0 Å². The van der Waals surface area contributed by atoms with Crippen LogP contribution in [-0.4, -0.2) is 4.98 Å². The maximum Gasteiger partial charge on any atom is 0.129 e. The standard InChI is InChI=1S/C11H10Br2N2S/c1-7-9(12)5-8(16-7)6-15-10-3-2-4-14-11(10)13/h2-5,15H,6H2,1H3. The second-order valence-electron chi connectivity index (χ2n) is 3.31. The highest BCUT2D eigenvalue weighted by Crippen LogP contribution is 2.27. The van der Waals surface area contributed by atoms with Crippen LogP contribution in [-0.2, 0) is 6.54 Å². The summed E-state index contributed by atoms with van der Waals surface area (Å²) in [6, 6.07) is 6.08. The number of pyridine rings is 1. The first-order chi connectivity index (χ1) is 7.66. The van der Waals surface area contributed by atoms with Crippen LogP contribution in [0.5, 0.6) is 0 Å². The predicted molar refractivity (Wildman–Crippen MR) is 76.0 cm³/mol. The van der Waals surface area contributed by atoms with Crippen molar-refractivity contribution in [1.29, 1.82) is 0 Å². The number of thiophene rings is 1. The van der Waals surface area contributed by atoms with E-state index in [4.69, 9.17) is 0 Å². The fourth-order valence-electron chi connectivity index (χ4n) is 1.31. The van der Waals surface area contributed by atoms with Gasteiger partial charge in [-0.3, -0.25) is 0 Å².